The van der Waals surface area contributed by atoms with Gasteiger partial charge in [0.15, 0.2) is 0 Å². The van der Waals surface area contributed by atoms with E-state index in [1.54, 1.807) is 0 Å². The molecule has 0 aromatic carbocycles. The average molecular weight is 460 g/mol. The number of likely N-dealkylation sites (tertiary alicyclic amines) is 1. The van der Waals surface area contributed by atoms with E-state index < -0.39 is 85.2 Å². The maximum atomic E-state index is 12.7. The molecule has 1 aliphatic heterocycles. The van der Waals surface area contributed by atoms with Gasteiger partial charge in [0.05, 0.1) is 12.5 Å². The molecule has 1 saturated heterocycles. The Bertz CT molecular complexity index is 756. The number of carbonyl (C=O) groups excluding carboxylic acids is 3. The number of hydrogen-bond donors (Lipinski definition) is 7. The maximum absolute atomic E-state index is 12.7. The predicted octanol–water partition coefficient (Wildman–Crippen LogP) is -2.92. The number of carboxylic acid groups (broad SMARTS) is 3. The zero-order valence-electron chi connectivity index (χ0n) is 17.4. The summed E-state index contributed by atoms with van der Waals surface area (Å²) in [4.78, 5) is 71.8. The molecule has 14 heteroatoms. The predicted molar refractivity (Wildman–Crippen MR) is 105 cm³/mol. The third-order valence-electron chi connectivity index (χ3n) is 4.92. The largest absolute Gasteiger partial charge is 0.481 e. The van der Waals surface area contributed by atoms with Crippen molar-refractivity contribution in [2.75, 3.05) is 6.54 Å². The van der Waals surface area contributed by atoms with Crippen LogP contribution in [0.1, 0.15) is 39.0 Å². The van der Waals surface area contributed by atoms with Crippen molar-refractivity contribution in [2.45, 2.75) is 69.3 Å². The number of nitrogens with zero attached hydrogens (tertiary/aromatic N) is 1. The topological polar surface area (TPSA) is 237 Å². The fraction of sp³-hybridized carbons (Fsp3) is 0.667. The lowest BCUT2D eigenvalue weighted by atomic mass is 10.1. The molecule has 8 N–H and O–H groups in total. The van der Waals surface area contributed by atoms with Crippen LogP contribution in [0.5, 0.6) is 0 Å². The molecule has 5 atom stereocenters. The molecule has 0 radical (unpaired) electrons. The van der Waals surface area contributed by atoms with Crippen LogP contribution in [0.3, 0.4) is 0 Å². The first-order valence-corrected chi connectivity index (χ1v) is 9.86. The summed E-state index contributed by atoms with van der Waals surface area (Å²) in [5, 5.41) is 40.7. The normalized spacial score (nSPS) is 19.3. The molecule has 1 fully saturated rings. The molecule has 1 rings (SSSR count). The second-order valence-electron chi connectivity index (χ2n) is 7.45. The minimum absolute atomic E-state index is 0.170. The molecule has 0 bridgehead atoms. The fourth-order valence-corrected chi connectivity index (χ4v) is 3.15. The van der Waals surface area contributed by atoms with Crippen LogP contribution in [0.25, 0.3) is 0 Å². The molecule has 0 aliphatic carbocycles. The van der Waals surface area contributed by atoms with Crippen molar-refractivity contribution in [3.05, 3.63) is 0 Å². The number of carbonyl (C=O) groups is 6. The van der Waals surface area contributed by atoms with E-state index in [2.05, 4.69) is 5.32 Å². The van der Waals surface area contributed by atoms with Crippen molar-refractivity contribution in [3.63, 3.8) is 0 Å². The highest BCUT2D eigenvalue weighted by Gasteiger charge is 2.39. The molecule has 0 aromatic heterocycles. The molecule has 180 valence electrons. The first-order chi connectivity index (χ1) is 14.8. The molecule has 3 amide bonds. The van der Waals surface area contributed by atoms with E-state index in [4.69, 9.17) is 21.1 Å². The zero-order valence-corrected chi connectivity index (χ0v) is 17.4. The monoisotopic (exact) mass is 460 g/mol. The molecule has 5 unspecified atom stereocenters. The van der Waals surface area contributed by atoms with E-state index in [0.29, 0.717) is 6.42 Å². The number of carboxylic acids is 3. The number of amides is 3. The summed E-state index contributed by atoms with van der Waals surface area (Å²) < 4.78 is 0. The fourth-order valence-electron chi connectivity index (χ4n) is 3.15. The number of rotatable bonds is 12. The SMILES string of the molecule is CC(O)C(N)C(=O)N1CCCC1C(=O)NC(CC(=O)O)C(=O)NC(CCC(=O)O)C(=O)O. The Hall–Kier alpha value is -3.26. The molecule has 32 heavy (non-hydrogen) atoms. The van der Waals surface area contributed by atoms with E-state index in [1.165, 1.54) is 6.92 Å². The van der Waals surface area contributed by atoms with Gasteiger partial charge in [-0.05, 0) is 26.2 Å². The van der Waals surface area contributed by atoms with E-state index in [9.17, 15) is 33.9 Å². The van der Waals surface area contributed by atoms with Crippen molar-refractivity contribution >= 4 is 35.6 Å². The molecule has 1 aliphatic rings. The smallest absolute Gasteiger partial charge is 0.326 e. The highest BCUT2D eigenvalue weighted by molar-refractivity contribution is 5.96. The van der Waals surface area contributed by atoms with Gasteiger partial charge in [0.1, 0.15) is 24.2 Å². The van der Waals surface area contributed by atoms with E-state index in [1.807, 2.05) is 5.32 Å². The van der Waals surface area contributed by atoms with Gasteiger partial charge in [-0.3, -0.25) is 24.0 Å². The first-order valence-electron chi connectivity index (χ1n) is 9.86. The van der Waals surface area contributed by atoms with Gasteiger partial charge in [-0.25, -0.2) is 4.79 Å². The molecular weight excluding hydrogens is 432 g/mol. The Morgan fingerprint density at radius 2 is 1.66 bits per heavy atom. The maximum Gasteiger partial charge on any atom is 0.326 e. The summed E-state index contributed by atoms with van der Waals surface area (Å²) in [6.07, 6.45) is -2.42. The van der Waals surface area contributed by atoms with Gasteiger partial charge in [-0.1, -0.05) is 0 Å². The Labute approximate surface area is 182 Å². The number of aliphatic hydroxyl groups excluding tert-OH is 1. The highest BCUT2D eigenvalue weighted by Crippen LogP contribution is 2.19. The summed E-state index contributed by atoms with van der Waals surface area (Å²) in [7, 11) is 0. The van der Waals surface area contributed by atoms with Crippen molar-refractivity contribution in [1.29, 1.82) is 0 Å². The quantitative estimate of drug-likeness (QED) is 0.156. The molecule has 1 heterocycles. The summed E-state index contributed by atoms with van der Waals surface area (Å²) >= 11 is 0. The molecule has 0 aromatic rings. The molecule has 14 nitrogen and oxygen atoms in total. The Morgan fingerprint density at radius 1 is 1.03 bits per heavy atom. The van der Waals surface area contributed by atoms with Gasteiger partial charge >= 0.3 is 17.9 Å². The van der Waals surface area contributed by atoms with Crippen LogP contribution in [0.15, 0.2) is 0 Å². The van der Waals surface area contributed by atoms with Crippen LogP contribution in [-0.4, -0.2) is 97.8 Å². The van der Waals surface area contributed by atoms with Gasteiger partial charge in [0.25, 0.3) is 0 Å². The summed E-state index contributed by atoms with van der Waals surface area (Å²) in [5.41, 5.74) is 5.64. The summed E-state index contributed by atoms with van der Waals surface area (Å²) in [6.45, 7) is 1.48. The third kappa shape index (κ3) is 7.77. The van der Waals surface area contributed by atoms with Crippen LogP contribution < -0.4 is 16.4 Å². The van der Waals surface area contributed by atoms with Crippen LogP contribution >= 0.6 is 0 Å². The van der Waals surface area contributed by atoms with Crippen LogP contribution in [0, 0.1) is 0 Å². The minimum Gasteiger partial charge on any atom is -0.481 e. The Morgan fingerprint density at radius 3 is 2.16 bits per heavy atom. The number of nitrogens with one attached hydrogen (secondary N) is 2. The van der Waals surface area contributed by atoms with Gasteiger partial charge in [0.2, 0.25) is 17.7 Å². The molecule has 0 spiro atoms. The van der Waals surface area contributed by atoms with Gasteiger partial charge in [-0.2, -0.15) is 0 Å². The van der Waals surface area contributed by atoms with E-state index >= 15 is 0 Å². The van der Waals surface area contributed by atoms with Gasteiger partial charge in [0, 0.05) is 13.0 Å². The first kappa shape index (κ1) is 26.8. The van der Waals surface area contributed by atoms with Crippen molar-refractivity contribution in [3.8, 4) is 0 Å². The summed E-state index contributed by atoms with van der Waals surface area (Å²) in [5.74, 6) is -6.93. The average Bonchev–Trinajstić information content (AvgIpc) is 3.18. The van der Waals surface area contributed by atoms with Crippen LogP contribution in [0.2, 0.25) is 0 Å². The van der Waals surface area contributed by atoms with Crippen LogP contribution in [0.4, 0.5) is 0 Å². The highest BCUT2D eigenvalue weighted by atomic mass is 16.4. The van der Waals surface area contributed by atoms with Crippen molar-refractivity contribution < 1.29 is 49.2 Å². The molecular formula is C18H28N4O10. The van der Waals surface area contributed by atoms with E-state index in [-0.39, 0.29) is 13.0 Å². The van der Waals surface area contributed by atoms with Gasteiger partial charge in [-0.15, -0.1) is 0 Å². The number of aliphatic carboxylic acids is 3. The standard InChI is InChI=1S/C18H28N4O10/c1-8(23)14(19)17(30)22-6-2-3-11(22)16(29)21-10(7-13(26)27)15(28)20-9(18(31)32)4-5-12(24)25/h8-11,14,23H,2-7,19H2,1H3,(H,20,28)(H,21,29)(H,24,25)(H,26,27)(H,31,32). The van der Waals surface area contributed by atoms with Gasteiger partial charge < -0.3 is 41.7 Å². The summed E-state index contributed by atoms with van der Waals surface area (Å²) in [6, 6.07) is -5.61. The lowest BCUT2D eigenvalue weighted by molar-refractivity contribution is -0.145. The second kappa shape index (κ2) is 12.0. The minimum atomic E-state index is -1.67. The Kier molecular flexibility index (Phi) is 10.00. The lowest BCUT2D eigenvalue weighted by Gasteiger charge is -2.29. The van der Waals surface area contributed by atoms with Crippen molar-refractivity contribution in [2.24, 2.45) is 5.73 Å². The second-order valence-corrected chi connectivity index (χ2v) is 7.45. The van der Waals surface area contributed by atoms with Crippen molar-refractivity contribution in [1.82, 2.24) is 15.5 Å². The van der Waals surface area contributed by atoms with Crippen LogP contribution in [-0.2, 0) is 28.8 Å². The number of aliphatic hydroxyl groups is 1. The Balaban J connectivity index is 2.93. The number of hydrogen-bond acceptors (Lipinski definition) is 8. The lowest BCUT2D eigenvalue weighted by Crippen LogP contribution is -2.58. The number of nitrogens with two attached hydrogens (primary N) is 1. The van der Waals surface area contributed by atoms with E-state index in [0.717, 1.165) is 4.90 Å². The molecule has 0 saturated carbocycles. The zero-order chi connectivity index (χ0) is 24.6. The third-order valence-corrected chi connectivity index (χ3v) is 4.92.